The Morgan fingerprint density at radius 1 is 1.00 bits per heavy atom. The first-order valence-electron chi connectivity index (χ1n) is 9.44. The largest absolute Gasteiger partial charge is 0.378 e. The number of hydrogen-bond donors (Lipinski definition) is 1. The van der Waals surface area contributed by atoms with Gasteiger partial charge in [0.15, 0.2) is 5.15 Å². The summed E-state index contributed by atoms with van der Waals surface area (Å²) in [7, 11) is 0. The van der Waals surface area contributed by atoms with Gasteiger partial charge in [0.2, 0.25) is 5.95 Å². The molecule has 0 spiro atoms. The van der Waals surface area contributed by atoms with Crippen LogP contribution in [0.3, 0.4) is 0 Å². The fourth-order valence-corrected chi connectivity index (χ4v) is 3.75. The molecule has 1 saturated heterocycles. The van der Waals surface area contributed by atoms with Crippen LogP contribution < -0.4 is 10.2 Å². The van der Waals surface area contributed by atoms with Gasteiger partial charge >= 0.3 is 0 Å². The van der Waals surface area contributed by atoms with Crippen LogP contribution in [0, 0.1) is 0 Å². The second-order valence-electron chi connectivity index (χ2n) is 6.72. The molecule has 5 rings (SSSR count). The lowest BCUT2D eigenvalue weighted by molar-refractivity contribution is 0.122. The molecule has 0 radical (unpaired) electrons. The van der Waals surface area contributed by atoms with Crippen LogP contribution in [0.2, 0.25) is 5.15 Å². The van der Waals surface area contributed by atoms with Crippen molar-refractivity contribution in [1.82, 2.24) is 19.4 Å². The molecule has 1 N–H and O–H groups in total. The molecular formula is C21H19ClN6O. The summed E-state index contributed by atoms with van der Waals surface area (Å²) in [4.78, 5) is 15.7. The molecule has 0 aliphatic carbocycles. The normalized spacial score (nSPS) is 14.3. The fraction of sp³-hybridized carbons (Fsp3) is 0.190. The summed E-state index contributed by atoms with van der Waals surface area (Å²) < 4.78 is 7.36. The molecule has 4 heterocycles. The van der Waals surface area contributed by atoms with Crippen LogP contribution in [0.5, 0.6) is 0 Å². The number of rotatable bonds is 4. The van der Waals surface area contributed by atoms with Gasteiger partial charge in [0, 0.05) is 36.9 Å². The molecule has 146 valence electrons. The molecule has 0 amide bonds. The topological polar surface area (TPSA) is 67.6 Å². The van der Waals surface area contributed by atoms with Gasteiger partial charge in [0.1, 0.15) is 11.3 Å². The Labute approximate surface area is 173 Å². The van der Waals surface area contributed by atoms with Gasteiger partial charge in [-0.05, 0) is 36.4 Å². The first kappa shape index (κ1) is 17.9. The first-order chi connectivity index (χ1) is 14.3. The summed E-state index contributed by atoms with van der Waals surface area (Å²) in [5.74, 6) is 0.503. The first-order valence-corrected chi connectivity index (χ1v) is 9.81. The average molecular weight is 407 g/mol. The number of anilines is 3. The van der Waals surface area contributed by atoms with Crippen molar-refractivity contribution in [3.8, 4) is 11.4 Å². The highest BCUT2D eigenvalue weighted by atomic mass is 35.5. The Morgan fingerprint density at radius 2 is 1.90 bits per heavy atom. The molecule has 1 aromatic carbocycles. The zero-order valence-electron chi connectivity index (χ0n) is 15.6. The molecule has 0 unspecified atom stereocenters. The minimum atomic E-state index is 0.412. The number of halogens is 1. The summed E-state index contributed by atoms with van der Waals surface area (Å²) in [6, 6.07) is 15.8. The maximum absolute atomic E-state index is 6.39. The Morgan fingerprint density at radius 3 is 2.79 bits per heavy atom. The van der Waals surface area contributed by atoms with Gasteiger partial charge in [-0.3, -0.25) is 4.40 Å². The van der Waals surface area contributed by atoms with Gasteiger partial charge in [-0.15, -0.1) is 0 Å². The number of nitrogens with zero attached hydrogens (tertiary/aromatic N) is 5. The second kappa shape index (κ2) is 7.69. The highest BCUT2D eigenvalue weighted by Crippen LogP contribution is 2.28. The van der Waals surface area contributed by atoms with E-state index in [1.54, 1.807) is 6.20 Å². The third kappa shape index (κ3) is 3.62. The van der Waals surface area contributed by atoms with Crippen molar-refractivity contribution in [2.24, 2.45) is 0 Å². The number of pyridine rings is 1. The molecule has 0 saturated carbocycles. The lowest BCUT2D eigenvalue weighted by Crippen LogP contribution is -2.36. The standard InChI is InChI=1S/C21H19ClN6O/c22-20-19(28-9-2-1-6-18(28)26-20)17-7-8-23-21(25-17)24-15-4-3-5-16(14-15)27-10-12-29-13-11-27/h1-9,14H,10-13H2,(H,23,24,25). The highest BCUT2D eigenvalue weighted by molar-refractivity contribution is 6.32. The van der Waals surface area contributed by atoms with Crippen LogP contribution in [0.15, 0.2) is 60.9 Å². The Hall–Kier alpha value is -3.16. The number of nitrogens with one attached hydrogen (secondary N) is 1. The van der Waals surface area contributed by atoms with Crippen LogP contribution in [0.4, 0.5) is 17.3 Å². The van der Waals surface area contributed by atoms with E-state index in [0.717, 1.165) is 49.0 Å². The van der Waals surface area contributed by atoms with Crippen molar-refractivity contribution >= 4 is 34.6 Å². The lowest BCUT2D eigenvalue weighted by Gasteiger charge is -2.29. The molecule has 1 aliphatic rings. The summed E-state index contributed by atoms with van der Waals surface area (Å²) in [6.07, 6.45) is 3.64. The van der Waals surface area contributed by atoms with Crippen LogP contribution in [-0.4, -0.2) is 45.7 Å². The number of aromatic nitrogens is 4. The van der Waals surface area contributed by atoms with Crippen LogP contribution in [0.25, 0.3) is 17.0 Å². The minimum Gasteiger partial charge on any atom is -0.378 e. The van der Waals surface area contributed by atoms with Crippen molar-refractivity contribution in [1.29, 1.82) is 0 Å². The maximum Gasteiger partial charge on any atom is 0.227 e. The molecule has 8 heteroatoms. The zero-order valence-corrected chi connectivity index (χ0v) is 16.4. The Bertz CT molecular complexity index is 1150. The van der Waals surface area contributed by atoms with Crippen molar-refractivity contribution in [2.75, 3.05) is 36.5 Å². The molecule has 0 bridgehead atoms. The zero-order chi connectivity index (χ0) is 19.6. The summed E-state index contributed by atoms with van der Waals surface area (Å²) in [5, 5.41) is 3.71. The summed E-state index contributed by atoms with van der Waals surface area (Å²) in [5.41, 5.74) is 4.30. The van der Waals surface area contributed by atoms with Crippen molar-refractivity contribution in [3.05, 3.63) is 66.1 Å². The second-order valence-corrected chi connectivity index (χ2v) is 7.08. The number of morpholine rings is 1. The number of ether oxygens (including phenoxy) is 1. The van der Waals surface area contributed by atoms with Crippen molar-refractivity contribution < 1.29 is 4.74 Å². The van der Waals surface area contributed by atoms with Crippen molar-refractivity contribution in [3.63, 3.8) is 0 Å². The van der Waals surface area contributed by atoms with E-state index in [1.807, 2.05) is 47.0 Å². The summed E-state index contributed by atoms with van der Waals surface area (Å²) >= 11 is 6.39. The molecule has 29 heavy (non-hydrogen) atoms. The van der Waals surface area contributed by atoms with E-state index in [0.29, 0.717) is 16.8 Å². The number of fused-ring (bicyclic) bond motifs is 1. The third-order valence-corrected chi connectivity index (χ3v) is 5.13. The van der Waals surface area contributed by atoms with Gasteiger partial charge in [-0.1, -0.05) is 23.7 Å². The van der Waals surface area contributed by atoms with Gasteiger partial charge in [0.05, 0.1) is 18.9 Å². The predicted octanol–water partition coefficient (Wildman–Crippen LogP) is 4.02. The Balaban J connectivity index is 1.44. The third-order valence-electron chi connectivity index (χ3n) is 4.86. The SMILES string of the molecule is Clc1nc2ccccn2c1-c1ccnc(Nc2cccc(N3CCOCC3)c2)n1. The molecule has 7 nitrogen and oxygen atoms in total. The van der Waals surface area contributed by atoms with E-state index < -0.39 is 0 Å². The van der Waals surface area contributed by atoms with E-state index in [1.165, 1.54) is 0 Å². The van der Waals surface area contributed by atoms with E-state index >= 15 is 0 Å². The number of benzene rings is 1. The molecule has 1 aliphatic heterocycles. The minimum absolute atomic E-state index is 0.412. The van der Waals surface area contributed by atoms with Crippen LogP contribution >= 0.6 is 11.6 Å². The van der Waals surface area contributed by atoms with Crippen LogP contribution in [-0.2, 0) is 4.74 Å². The van der Waals surface area contributed by atoms with Gasteiger partial charge in [-0.25, -0.2) is 15.0 Å². The van der Waals surface area contributed by atoms with E-state index in [9.17, 15) is 0 Å². The quantitative estimate of drug-likeness (QED) is 0.552. The molecule has 1 fully saturated rings. The molecule has 3 aromatic heterocycles. The van der Waals surface area contributed by atoms with Gasteiger partial charge in [-0.2, -0.15) is 0 Å². The molecule has 4 aromatic rings. The maximum atomic E-state index is 6.39. The van der Waals surface area contributed by atoms with Gasteiger partial charge in [0.25, 0.3) is 0 Å². The van der Waals surface area contributed by atoms with Crippen LogP contribution in [0.1, 0.15) is 0 Å². The highest BCUT2D eigenvalue weighted by Gasteiger charge is 2.15. The summed E-state index contributed by atoms with van der Waals surface area (Å²) in [6.45, 7) is 3.29. The number of hydrogen-bond acceptors (Lipinski definition) is 6. The predicted molar refractivity (Wildman–Crippen MR) is 114 cm³/mol. The lowest BCUT2D eigenvalue weighted by atomic mass is 10.2. The van der Waals surface area contributed by atoms with E-state index in [4.69, 9.17) is 16.3 Å². The fourth-order valence-electron chi connectivity index (χ4n) is 3.48. The van der Waals surface area contributed by atoms with Gasteiger partial charge < -0.3 is 15.0 Å². The monoisotopic (exact) mass is 406 g/mol. The molecule has 0 atom stereocenters. The number of imidazole rings is 1. The van der Waals surface area contributed by atoms with Crippen molar-refractivity contribution in [2.45, 2.75) is 0 Å². The Kier molecular flexibility index (Phi) is 4.75. The van der Waals surface area contributed by atoms with E-state index in [2.05, 4.69) is 37.3 Å². The molecular weight excluding hydrogens is 388 g/mol. The average Bonchev–Trinajstić information content (AvgIpc) is 3.10. The smallest absolute Gasteiger partial charge is 0.227 e. The van der Waals surface area contributed by atoms with E-state index in [-0.39, 0.29) is 0 Å².